The number of fused-ring (bicyclic) bond motifs is 1. The van der Waals surface area contributed by atoms with Crippen LogP contribution < -0.4 is 10.9 Å². The van der Waals surface area contributed by atoms with Crippen molar-refractivity contribution >= 4 is 16.7 Å². The van der Waals surface area contributed by atoms with Gasteiger partial charge in [-0.15, -0.1) is 0 Å². The molecular formula is C18H16N2O2. The van der Waals surface area contributed by atoms with E-state index >= 15 is 0 Å². The van der Waals surface area contributed by atoms with Gasteiger partial charge in [-0.3, -0.25) is 9.59 Å². The molecule has 0 spiro atoms. The molecule has 3 rings (SSSR count). The molecule has 4 nitrogen and oxygen atoms in total. The fourth-order valence-electron chi connectivity index (χ4n) is 2.40. The lowest BCUT2D eigenvalue weighted by atomic mass is 10.1. The van der Waals surface area contributed by atoms with E-state index in [0.29, 0.717) is 18.4 Å². The van der Waals surface area contributed by atoms with Gasteiger partial charge in [-0.1, -0.05) is 42.5 Å². The van der Waals surface area contributed by atoms with Crippen LogP contribution in [0.1, 0.15) is 11.1 Å². The summed E-state index contributed by atoms with van der Waals surface area (Å²) in [5, 5.41) is 4.38. The van der Waals surface area contributed by atoms with Crippen LogP contribution >= 0.6 is 0 Å². The highest BCUT2D eigenvalue weighted by Crippen LogP contribution is 2.12. The molecule has 0 unspecified atom stereocenters. The Morgan fingerprint density at radius 3 is 2.64 bits per heavy atom. The Balaban J connectivity index is 1.68. The van der Waals surface area contributed by atoms with Crippen molar-refractivity contribution in [1.82, 2.24) is 10.3 Å². The van der Waals surface area contributed by atoms with Crippen LogP contribution in [0, 0.1) is 0 Å². The summed E-state index contributed by atoms with van der Waals surface area (Å²) in [5.74, 6) is -0.0342. The minimum absolute atomic E-state index is 0.0342. The second kappa shape index (κ2) is 6.26. The number of carbonyl (C=O) groups is 1. The molecule has 0 saturated carbocycles. The predicted molar refractivity (Wildman–Crippen MR) is 86.6 cm³/mol. The molecule has 0 saturated heterocycles. The molecule has 110 valence electrons. The lowest BCUT2D eigenvalue weighted by molar-refractivity contribution is -0.120. The van der Waals surface area contributed by atoms with Gasteiger partial charge < -0.3 is 10.3 Å². The Morgan fingerprint density at radius 2 is 1.82 bits per heavy atom. The van der Waals surface area contributed by atoms with Crippen LogP contribution in [-0.2, 0) is 17.8 Å². The number of amides is 1. The fraction of sp³-hybridized carbons (Fsp3) is 0.111. The average molecular weight is 292 g/mol. The van der Waals surface area contributed by atoms with Gasteiger partial charge in [0.1, 0.15) is 0 Å². The maximum absolute atomic E-state index is 12.0. The van der Waals surface area contributed by atoms with Crippen LogP contribution in [0.5, 0.6) is 0 Å². The topological polar surface area (TPSA) is 62.0 Å². The Morgan fingerprint density at radius 1 is 1.00 bits per heavy atom. The van der Waals surface area contributed by atoms with E-state index < -0.39 is 0 Å². The molecular weight excluding hydrogens is 276 g/mol. The summed E-state index contributed by atoms with van der Waals surface area (Å²) in [6, 6.07) is 17.1. The van der Waals surface area contributed by atoms with E-state index in [1.54, 1.807) is 12.3 Å². The Hall–Kier alpha value is -2.88. The lowest BCUT2D eigenvalue weighted by Gasteiger charge is -2.06. The van der Waals surface area contributed by atoms with Crippen molar-refractivity contribution in [1.29, 1.82) is 0 Å². The van der Waals surface area contributed by atoms with Crippen molar-refractivity contribution in [3.8, 4) is 0 Å². The molecule has 0 bridgehead atoms. The van der Waals surface area contributed by atoms with Gasteiger partial charge in [0, 0.05) is 18.1 Å². The molecule has 4 heteroatoms. The third-order valence-corrected chi connectivity index (χ3v) is 3.54. The van der Waals surface area contributed by atoms with Crippen molar-refractivity contribution in [3.05, 3.63) is 82.3 Å². The molecule has 0 radical (unpaired) electrons. The number of pyridine rings is 1. The third-order valence-electron chi connectivity index (χ3n) is 3.54. The number of carbonyl (C=O) groups excluding carboxylic acids is 1. The minimum atomic E-state index is -0.113. The molecule has 1 amide bonds. The van der Waals surface area contributed by atoms with Gasteiger partial charge in [-0.2, -0.15) is 0 Å². The number of H-pyrrole nitrogens is 1. The normalized spacial score (nSPS) is 10.5. The van der Waals surface area contributed by atoms with Crippen LogP contribution in [0.4, 0.5) is 0 Å². The van der Waals surface area contributed by atoms with Crippen LogP contribution in [-0.4, -0.2) is 10.9 Å². The molecule has 3 aromatic rings. The maximum atomic E-state index is 12.0. The number of aromatic nitrogens is 1. The number of benzene rings is 2. The standard InChI is InChI=1S/C18H16N2O2/c21-17(20-12-13-4-2-1-3-5-13)11-14-6-7-16-15(10-14)8-9-19-18(16)22/h1-10H,11-12H2,(H,19,22)(H,20,21). The zero-order valence-corrected chi connectivity index (χ0v) is 12.0. The van der Waals surface area contributed by atoms with E-state index in [9.17, 15) is 9.59 Å². The van der Waals surface area contributed by atoms with Crippen LogP contribution in [0.2, 0.25) is 0 Å². The highest BCUT2D eigenvalue weighted by atomic mass is 16.1. The Bertz CT molecular complexity index is 854. The van der Waals surface area contributed by atoms with Gasteiger partial charge >= 0.3 is 0 Å². The largest absolute Gasteiger partial charge is 0.352 e. The van der Waals surface area contributed by atoms with Gasteiger partial charge in [0.15, 0.2) is 0 Å². The highest BCUT2D eigenvalue weighted by Gasteiger charge is 2.05. The van der Waals surface area contributed by atoms with E-state index in [2.05, 4.69) is 10.3 Å². The summed E-state index contributed by atoms with van der Waals surface area (Å²) >= 11 is 0. The van der Waals surface area contributed by atoms with Gasteiger partial charge in [-0.25, -0.2) is 0 Å². The number of hydrogen-bond donors (Lipinski definition) is 2. The molecule has 2 aromatic carbocycles. The SMILES string of the molecule is O=C(Cc1ccc2c(=O)[nH]ccc2c1)NCc1ccccc1. The second-order valence-corrected chi connectivity index (χ2v) is 5.17. The Kier molecular flexibility index (Phi) is 4.01. The second-order valence-electron chi connectivity index (χ2n) is 5.17. The van der Waals surface area contributed by atoms with Crippen LogP contribution in [0.25, 0.3) is 10.8 Å². The molecule has 1 aromatic heterocycles. The van der Waals surface area contributed by atoms with Crippen LogP contribution in [0.15, 0.2) is 65.6 Å². The van der Waals surface area contributed by atoms with E-state index in [0.717, 1.165) is 16.5 Å². The van der Waals surface area contributed by atoms with E-state index in [-0.39, 0.29) is 11.5 Å². The third kappa shape index (κ3) is 3.23. The zero-order chi connectivity index (χ0) is 15.4. The fourth-order valence-corrected chi connectivity index (χ4v) is 2.40. The zero-order valence-electron chi connectivity index (χ0n) is 12.0. The summed E-state index contributed by atoms with van der Waals surface area (Å²) < 4.78 is 0. The highest BCUT2D eigenvalue weighted by molar-refractivity contribution is 5.84. The molecule has 0 atom stereocenters. The number of hydrogen-bond acceptors (Lipinski definition) is 2. The first-order valence-corrected chi connectivity index (χ1v) is 7.13. The number of nitrogens with one attached hydrogen (secondary N) is 2. The van der Waals surface area contributed by atoms with Crippen LogP contribution in [0.3, 0.4) is 0 Å². The molecule has 0 fully saturated rings. The van der Waals surface area contributed by atoms with Gasteiger partial charge in [0.25, 0.3) is 5.56 Å². The smallest absolute Gasteiger partial charge is 0.255 e. The molecule has 0 aliphatic heterocycles. The first kappa shape index (κ1) is 14.1. The maximum Gasteiger partial charge on any atom is 0.255 e. The van der Waals surface area contributed by atoms with Crippen molar-refractivity contribution < 1.29 is 4.79 Å². The molecule has 0 aliphatic carbocycles. The monoisotopic (exact) mass is 292 g/mol. The van der Waals surface area contributed by atoms with Gasteiger partial charge in [0.05, 0.1) is 6.42 Å². The summed E-state index contributed by atoms with van der Waals surface area (Å²) in [4.78, 5) is 26.3. The quantitative estimate of drug-likeness (QED) is 0.775. The molecule has 0 aliphatic rings. The predicted octanol–water partition coefficient (Wildman–Crippen LogP) is 2.39. The van der Waals surface area contributed by atoms with Crippen molar-refractivity contribution in [2.45, 2.75) is 13.0 Å². The lowest BCUT2D eigenvalue weighted by Crippen LogP contribution is -2.24. The number of aromatic amines is 1. The van der Waals surface area contributed by atoms with Crippen molar-refractivity contribution in [3.63, 3.8) is 0 Å². The summed E-state index contributed by atoms with van der Waals surface area (Å²) in [6.45, 7) is 0.521. The van der Waals surface area contributed by atoms with Crippen molar-refractivity contribution in [2.24, 2.45) is 0 Å². The molecule has 22 heavy (non-hydrogen) atoms. The number of rotatable bonds is 4. The summed E-state index contributed by atoms with van der Waals surface area (Å²) in [5.41, 5.74) is 1.85. The van der Waals surface area contributed by atoms with E-state index in [1.807, 2.05) is 48.5 Å². The Labute approximate surface area is 127 Å². The van der Waals surface area contributed by atoms with E-state index in [4.69, 9.17) is 0 Å². The van der Waals surface area contributed by atoms with Crippen molar-refractivity contribution in [2.75, 3.05) is 0 Å². The minimum Gasteiger partial charge on any atom is -0.352 e. The molecule has 1 heterocycles. The van der Waals surface area contributed by atoms with Gasteiger partial charge in [0.2, 0.25) is 5.91 Å². The first-order valence-electron chi connectivity index (χ1n) is 7.13. The summed E-state index contributed by atoms with van der Waals surface area (Å²) in [7, 11) is 0. The molecule has 2 N–H and O–H groups in total. The van der Waals surface area contributed by atoms with Gasteiger partial charge in [-0.05, 0) is 28.6 Å². The van der Waals surface area contributed by atoms with E-state index in [1.165, 1.54) is 0 Å². The summed E-state index contributed by atoms with van der Waals surface area (Å²) in [6.07, 6.45) is 1.92. The average Bonchev–Trinajstić information content (AvgIpc) is 2.54. The first-order chi connectivity index (χ1) is 10.7.